The molecule has 2 heterocycles. The lowest BCUT2D eigenvalue weighted by atomic mass is 10.1. The Kier molecular flexibility index (Phi) is 6.09. The second kappa shape index (κ2) is 8.49. The summed E-state index contributed by atoms with van der Waals surface area (Å²) in [6, 6.07) is 6.95. The Hall–Kier alpha value is -1.86. The maximum Gasteiger partial charge on any atom is 0.240 e. The van der Waals surface area contributed by atoms with E-state index in [1.165, 1.54) is 0 Å². The van der Waals surface area contributed by atoms with Crippen LogP contribution in [0.3, 0.4) is 0 Å². The van der Waals surface area contributed by atoms with Gasteiger partial charge in [-0.25, -0.2) is 4.39 Å². The summed E-state index contributed by atoms with van der Waals surface area (Å²) in [6.07, 6.45) is -0.707. The first-order chi connectivity index (χ1) is 12.2. The average Bonchev–Trinajstić information content (AvgIpc) is 3.02. The number of amides is 1. The zero-order chi connectivity index (χ0) is 17.6. The molecule has 0 saturated carbocycles. The molecule has 0 unspecified atom stereocenters. The highest BCUT2D eigenvalue weighted by molar-refractivity contribution is 5.82. The Bertz CT molecular complexity index is 580. The van der Waals surface area contributed by atoms with Crippen LogP contribution < -0.4 is 9.47 Å². The average molecular weight is 352 g/mol. The number of hydrogen-bond donors (Lipinski definition) is 0. The van der Waals surface area contributed by atoms with Crippen LogP contribution >= 0.6 is 0 Å². The Balaban J connectivity index is 1.53. The van der Waals surface area contributed by atoms with Crippen molar-refractivity contribution in [3.8, 4) is 11.5 Å². The first-order valence-corrected chi connectivity index (χ1v) is 8.69. The number of morpholine rings is 1. The fraction of sp³-hybridized carbons (Fsp3) is 0.611. The molecule has 25 heavy (non-hydrogen) atoms. The standard InChI is InChI=1S/C18H25FN2O4/c1-23-15-3-2-4-16(12-15)25-10-7-21-13-14(19)11-17(21)18(22)20-5-8-24-9-6-20/h2-4,12,14,17H,5-11,13H2,1H3/t14-,17+/m1/s1. The monoisotopic (exact) mass is 352 g/mol. The highest BCUT2D eigenvalue weighted by Crippen LogP contribution is 2.23. The lowest BCUT2D eigenvalue weighted by Gasteiger charge is -2.32. The molecule has 0 bridgehead atoms. The highest BCUT2D eigenvalue weighted by Gasteiger charge is 2.39. The van der Waals surface area contributed by atoms with Crippen molar-refractivity contribution in [1.82, 2.24) is 9.80 Å². The molecular weight excluding hydrogens is 327 g/mol. The summed E-state index contributed by atoms with van der Waals surface area (Å²) in [4.78, 5) is 16.3. The van der Waals surface area contributed by atoms with E-state index in [4.69, 9.17) is 14.2 Å². The fourth-order valence-electron chi connectivity index (χ4n) is 3.32. The molecule has 0 aromatic heterocycles. The van der Waals surface area contributed by atoms with Crippen LogP contribution in [-0.4, -0.2) is 81.0 Å². The van der Waals surface area contributed by atoms with Crippen LogP contribution in [0.2, 0.25) is 0 Å². The van der Waals surface area contributed by atoms with Crippen molar-refractivity contribution in [3.05, 3.63) is 24.3 Å². The van der Waals surface area contributed by atoms with Crippen LogP contribution in [0.4, 0.5) is 4.39 Å². The van der Waals surface area contributed by atoms with Gasteiger partial charge in [0.05, 0.1) is 26.4 Å². The number of ether oxygens (including phenoxy) is 3. The van der Waals surface area contributed by atoms with Gasteiger partial charge >= 0.3 is 0 Å². The molecule has 6 nitrogen and oxygen atoms in total. The van der Waals surface area contributed by atoms with E-state index in [0.717, 1.165) is 5.75 Å². The topological polar surface area (TPSA) is 51.2 Å². The molecular formula is C18H25FN2O4. The predicted octanol–water partition coefficient (Wildman–Crippen LogP) is 1.35. The van der Waals surface area contributed by atoms with Crippen LogP contribution in [0, 0.1) is 0 Å². The number of likely N-dealkylation sites (tertiary alicyclic amines) is 1. The number of alkyl halides is 1. The van der Waals surface area contributed by atoms with Gasteiger partial charge in [-0.2, -0.15) is 0 Å². The number of carbonyl (C=O) groups is 1. The Labute approximate surface area is 147 Å². The maximum absolute atomic E-state index is 13.9. The SMILES string of the molecule is COc1cccc(OCCN2C[C@H](F)C[C@H]2C(=O)N2CCOCC2)c1. The van der Waals surface area contributed by atoms with Gasteiger partial charge in [-0.05, 0) is 12.1 Å². The minimum absolute atomic E-state index is 0.00447. The summed E-state index contributed by atoms with van der Waals surface area (Å²) in [5.74, 6) is 1.43. The van der Waals surface area contributed by atoms with E-state index < -0.39 is 12.2 Å². The second-order valence-corrected chi connectivity index (χ2v) is 6.31. The molecule has 1 aromatic rings. The van der Waals surface area contributed by atoms with E-state index in [1.807, 2.05) is 23.1 Å². The summed E-state index contributed by atoms with van der Waals surface area (Å²) >= 11 is 0. The molecule has 2 fully saturated rings. The molecule has 3 rings (SSSR count). The number of hydrogen-bond acceptors (Lipinski definition) is 5. The number of methoxy groups -OCH3 is 1. The quantitative estimate of drug-likeness (QED) is 0.773. The number of carbonyl (C=O) groups excluding carboxylic acids is 1. The molecule has 1 amide bonds. The Morgan fingerprint density at radius 2 is 2.08 bits per heavy atom. The minimum Gasteiger partial charge on any atom is -0.497 e. The smallest absolute Gasteiger partial charge is 0.240 e. The van der Waals surface area contributed by atoms with Gasteiger partial charge in [-0.15, -0.1) is 0 Å². The van der Waals surface area contributed by atoms with Gasteiger partial charge in [0.25, 0.3) is 0 Å². The van der Waals surface area contributed by atoms with Gasteiger partial charge in [0.2, 0.25) is 5.91 Å². The molecule has 1 aromatic carbocycles. The molecule has 138 valence electrons. The third kappa shape index (κ3) is 4.61. The van der Waals surface area contributed by atoms with Gasteiger partial charge < -0.3 is 19.1 Å². The third-order valence-electron chi connectivity index (χ3n) is 4.65. The molecule has 7 heteroatoms. The van der Waals surface area contributed by atoms with Gasteiger partial charge in [0.1, 0.15) is 24.3 Å². The van der Waals surface area contributed by atoms with Crippen LogP contribution in [0.1, 0.15) is 6.42 Å². The number of rotatable bonds is 6. The molecule has 2 saturated heterocycles. The summed E-state index contributed by atoms with van der Waals surface area (Å²) in [6.45, 7) is 3.46. The van der Waals surface area contributed by atoms with Crippen molar-refractivity contribution in [1.29, 1.82) is 0 Å². The molecule has 2 aliphatic rings. The van der Waals surface area contributed by atoms with Gasteiger partial charge in [-0.1, -0.05) is 6.07 Å². The molecule has 0 spiro atoms. The van der Waals surface area contributed by atoms with E-state index in [2.05, 4.69) is 0 Å². The lowest BCUT2D eigenvalue weighted by Crippen LogP contribution is -2.50. The maximum atomic E-state index is 13.9. The number of benzene rings is 1. The minimum atomic E-state index is -0.966. The second-order valence-electron chi connectivity index (χ2n) is 6.31. The van der Waals surface area contributed by atoms with Crippen molar-refractivity contribution in [2.24, 2.45) is 0 Å². The molecule has 0 radical (unpaired) electrons. The fourth-order valence-corrected chi connectivity index (χ4v) is 3.32. The number of nitrogens with zero attached hydrogens (tertiary/aromatic N) is 2. The highest BCUT2D eigenvalue weighted by atomic mass is 19.1. The Morgan fingerprint density at radius 1 is 1.32 bits per heavy atom. The lowest BCUT2D eigenvalue weighted by molar-refractivity contribution is -0.140. The van der Waals surface area contributed by atoms with Crippen LogP contribution in [0.25, 0.3) is 0 Å². The van der Waals surface area contributed by atoms with Gasteiger partial charge in [0, 0.05) is 38.7 Å². The number of halogens is 1. The van der Waals surface area contributed by atoms with Crippen molar-refractivity contribution in [2.75, 3.05) is 53.1 Å². The van der Waals surface area contributed by atoms with Crippen LogP contribution in [0.5, 0.6) is 11.5 Å². The van der Waals surface area contributed by atoms with Gasteiger partial charge in [-0.3, -0.25) is 9.69 Å². The van der Waals surface area contributed by atoms with E-state index in [0.29, 0.717) is 45.2 Å². The summed E-state index contributed by atoms with van der Waals surface area (Å²) in [5, 5.41) is 0. The zero-order valence-corrected chi connectivity index (χ0v) is 14.5. The zero-order valence-electron chi connectivity index (χ0n) is 14.5. The normalized spacial score (nSPS) is 24.3. The van der Waals surface area contributed by atoms with Crippen molar-refractivity contribution >= 4 is 5.91 Å². The Morgan fingerprint density at radius 3 is 2.84 bits per heavy atom. The van der Waals surface area contributed by atoms with Crippen molar-refractivity contribution in [3.63, 3.8) is 0 Å². The first-order valence-electron chi connectivity index (χ1n) is 8.69. The van der Waals surface area contributed by atoms with E-state index >= 15 is 0 Å². The van der Waals surface area contributed by atoms with E-state index in [9.17, 15) is 9.18 Å². The third-order valence-corrected chi connectivity index (χ3v) is 4.65. The largest absolute Gasteiger partial charge is 0.497 e. The molecule has 2 atom stereocenters. The van der Waals surface area contributed by atoms with E-state index in [1.54, 1.807) is 18.1 Å². The van der Waals surface area contributed by atoms with Crippen LogP contribution in [-0.2, 0) is 9.53 Å². The van der Waals surface area contributed by atoms with Crippen molar-refractivity contribution in [2.45, 2.75) is 18.6 Å². The van der Waals surface area contributed by atoms with Crippen molar-refractivity contribution < 1.29 is 23.4 Å². The summed E-state index contributed by atoms with van der Waals surface area (Å²) in [7, 11) is 1.60. The predicted molar refractivity (Wildman–Crippen MR) is 90.8 cm³/mol. The van der Waals surface area contributed by atoms with Crippen LogP contribution in [0.15, 0.2) is 24.3 Å². The van der Waals surface area contributed by atoms with Gasteiger partial charge in [0.15, 0.2) is 0 Å². The molecule has 2 aliphatic heterocycles. The molecule has 0 aliphatic carbocycles. The summed E-state index contributed by atoms with van der Waals surface area (Å²) in [5.41, 5.74) is 0. The first kappa shape index (κ1) is 17.9. The van der Waals surface area contributed by atoms with E-state index in [-0.39, 0.29) is 18.9 Å². The summed E-state index contributed by atoms with van der Waals surface area (Å²) < 4.78 is 30.1. The molecule has 0 N–H and O–H groups in total.